The molecular weight excluding hydrogens is 210 g/mol. The lowest BCUT2D eigenvalue weighted by Gasteiger charge is -1.89. The number of benzene rings is 1. The molecule has 0 fully saturated rings. The van der Waals surface area contributed by atoms with Crippen molar-refractivity contribution in [1.82, 2.24) is 0 Å². The maximum absolute atomic E-state index is 10.7. The number of carbonyl (C=O) groups is 1. The Morgan fingerprint density at radius 1 is 1.33 bits per heavy atom. The summed E-state index contributed by atoms with van der Waals surface area (Å²) in [5.74, 6) is 0. The molecule has 1 rings (SSSR count). The maximum Gasteiger partial charge on any atom is 0.262 e. The van der Waals surface area contributed by atoms with E-state index in [2.05, 4.69) is 0 Å². The van der Waals surface area contributed by atoms with Gasteiger partial charge in [-0.25, -0.2) is 0 Å². The van der Waals surface area contributed by atoms with Gasteiger partial charge in [0.15, 0.2) is 0 Å². The Morgan fingerprint density at radius 2 is 2.00 bits per heavy atom. The van der Waals surface area contributed by atoms with Crippen LogP contribution in [0.5, 0.6) is 0 Å². The van der Waals surface area contributed by atoms with Gasteiger partial charge in [-0.05, 0) is 23.2 Å². The van der Waals surface area contributed by atoms with Gasteiger partial charge in [0.2, 0.25) is 0 Å². The zero-order chi connectivity index (χ0) is 11.1. The van der Waals surface area contributed by atoms with Crippen LogP contribution in [0.2, 0.25) is 0 Å². The Hall–Kier alpha value is -1.85. The Balaban J connectivity index is 2.76. The smallest absolute Gasteiger partial charge is 0.262 e. The van der Waals surface area contributed by atoms with E-state index in [0.717, 1.165) is 5.56 Å². The van der Waals surface area contributed by atoms with Crippen molar-refractivity contribution in [2.24, 2.45) is 0 Å². The summed E-state index contributed by atoms with van der Waals surface area (Å²) in [5.41, 5.74) is 0.928. The number of carbonyl (C=O) groups excluding carboxylic acids is 1. The average molecular weight is 218 g/mol. The van der Waals surface area contributed by atoms with Gasteiger partial charge < -0.3 is 0 Å². The molecule has 0 saturated heterocycles. The van der Waals surface area contributed by atoms with Gasteiger partial charge >= 0.3 is 0 Å². The molecule has 0 aliphatic carbocycles. The van der Waals surface area contributed by atoms with Crippen molar-refractivity contribution in [3.05, 3.63) is 53.6 Å². The molecular formula is C12H8ClNO. The number of hydrogen-bond donors (Lipinski definition) is 0. The quantitative estimate of drug-likeness (QED) is 0.338. The highest BCUT2D eigenvalue weighted by atomic mass is 35.5. The molecule has 0 bridgehead atoms. The van der Waals surface area contributed by atoms with Gasteiger partial charge in [0.1, 0.15) is 11.6 Å². The Morgan fingerprint density at radius 3 is 2.53 bits per heavy atom. The van der Waals surface area contributed by atoms with Crippen LogP contribution in [0, 0.1) is 11.3 Å². The fraction of sp³-hybridized carbons (Fsp3) is 0. The lowest BCUT2D eigenvalue weighted by atomic mass is 10.2. The molecule has 0 atom stereocenters. The Labute approximate surface area is 93.1 Å². The minimum atomic E-state index is -0.741. The summed E-state index contributed by atoms with van der Waals surface area (Å²) in [7, 11) is 0. The second-order valence-electron chi connectivity index (χ2n) is 2.74. The third-order valence-corrected chi connectivity index (χ3v) is 1.89. The van der Waals surface area contributed by atoms with Gasteiger partial charge in [-0.2, -0.15) is 5.26 Å². The van der Waals surface area contributed by atoms with Crippen molar-refractivity contribution in [3.8, 4) is 6.07 Å². The summed E-state index contributed by atoms with van der Waals surface area (Å²) < 4.78 is 0. The van der Waals surface area contributed by atoms with Gasteiger partial charge in [0.05, 0.1) is 0 Å². The lowest BCUT2D eigenvalue weighted by molar-refractivity contribution is -0.108. The minimum Gasteiger partial charge on any atom is -0.275 e. The molecule has 0 N–H and O–H groups in total. The molecule has 1 aromatic carbocycles. The SMILES string of the molecule is N#C/C(=C\C=C\c1ccccc1)C(=O)Cl. The van der Waals surface area contributed by atoms with Crippen molar-refractivity contribution in [3.63, 3.8) is 0 Å². The fourth-order valence-corrected chi connectivity index (χ4v) is 1.07. The molecule has 0 unspecified atom stereocenters. The van der Waals surface area contributed by atoms with Crippen molar-refractivity contribution < 1.29 is 4.79 Å². The van der Waals surface area contributed by atoms with Gasteiger partial charge in [0.25, 0.3) is 5.24 Å². The van der Waals surface area contributed by atoms with Gasteiger partial charge in [-0.1, -0.05) is 42.5 Å². The van der Waals surface area contributed by atoms with Gasteiger partial charge in [0, 0.05) is 0 Å². The van der Waals surface area contributed by atoms with E-state index in [-0.39, 0.29) is 5.57 Å². The molecule has 0 aliphatic heterocycles. The monoisotopic (exact) mass is 217 g/mol. The van der Waals surface area contributed by atoms with Crippen LogP contribution in [0.25, 0.3) is 6.08 Å². The topological polar surface area (TPSA) is 40.9 Å². The second-order valence-corrected chi connectivity index (χ2v) is 3.08. The highest BCUT2D eigenvalue weighted by Gasteiger charge is 2.01. The second kappa shape index (κ2) is 5.79. The minimum absolute atomic E-state index is 0.0659. The molecule has 74 valence electrons. The largest absolute Gasteiger partial charge is 0.275 e. The van der Waals surface area contributed by atoms with Crippen molar-refractivity contribution in [2.75, 3.05) is 0 Å². The van der Waals surface area contributed by atoms with Gasteiger partial charge in [-0.15, -0.1) is 0 Å². The predicted molar refractivity (Wildman–Crippen MR) is 60.0 cm³/mol. The third kappa shape index (κ3) is 3.80. The predicted octanol–water partition coefficient (Wildman–Crippen LogP) is 2.92. The summed E-state index contributed by atoms with van der Waals surface area (Å²) in [6, 6.07) is 11.3. The number of rotatable bonds is 3. The molecule has 1 aromatic rings. The fourth-order valence-electron chi connectivity index (χ4n) is 0.966. The molecule has 2 nitrogen and oxygen atoms in total. The molecule has 0 spiro atoms. The van der Waals surface area contributed by atoms with E-state index in [1.54, 1.807) is 18.2 Å². The molecule has 0 radical (unpaired) electrons. The van der Waals surface area contributed by atoms with Crippen molar-refractivity contribution >= 4 is 22.9 Å². The standard InChI is InChI=1S/C12H8ClNO/c13-12(15)11(9-14)8-4-7-10-5-2-1-3-6-10/h1-8H/b7-4+,11-8+. The highest BCUT2D eigenvalue weighted by molar-refractivity contribution is 6.68. The van der Waals surface area contributed by atoms with Crippen LogP contribution in [0.15, 0.2) is 48.1 Å². The third-order valence-electron chi connectivity index (χ3n) is 1.68. The van der Waals surface area contributed by atoms with Crippen LogP contribution in [0.3, 0.4) is 0 Å². The molecule has 15 heavy (non-hydrogen) atoms. The summed E-state index contributed by atoms with van der Waals surface area (Å²) >= 11 is 5.16. The molecule has 0 aliphatic rings. The Kier molecular flexibility index (Phi) is 4.33. The first-order valence-electron chi connectivity index (χ1n) is 4.27. The molecule has 3 heteroatoms. The lowest BCUT2D eigenvalue weighted by Crippen LogP contribution is -1.87. The van der Waals surface area contributed by atoms with Crippen LogP contribution in [0.1, 0.15) is 5.56 Å². The van der Waals surface area contributed by atoms with Crippen LogP contribution >= 0.6 is 11.6 Å². The van der Waals surface area contributed by atoms with E-state index >= 15 is 0 Å². The summed E-state index contributed by atoms with van der Waals surface area (Å²) in [6.07, 6.45) is 4.80. The van der Waals surface area contributed by atoms with Crippen molar-refractivity contribution in [1.29, 1.82) is 5.26 Å². The molecule has 0 heterocycles. The average Bonchev–Trinajstić information content (AvgIpc) is 2.25. The summed E-state index contributed by atoms with van der Waals surface area (Å²) in [6.45, 7) is 0. The highest BCUT2D eigenvalue weighted by Crippen LogP contribution is 2.03. The first kappa shape index (κ1) is 11.2. The van der Waals surface area contributed by atoms with E-state index in [1.165, 1.54) is 6.08 Å². The van der Waals surface area contributed by atoms with Crippen LogP contribution < -0.4 is 0 Å². The van der Waals surface area contributed by atoms with Crippen LogP contribution in [-0.2, 0) is 4.79 Å². The van der Waals surface area contributed by atoms with Crippen LogP contribution in [0.4, 0.5) is 0 Å². The van der Waals surface area contributed by atoms with Gasteiger partial charge in [-0.3, -0.25) is 4.79 Å². The first-order valence-corrected chi connectivity index (χ1v) is 4.65. The normalized spacial score (nSPS) is 11.3. The molecule has 0 saturated carbocycles. The zero-order valence-corrected chi connectivity index (χ0v) is 8.61. The number of nitriles is 1. The number of nitrogens with zero attached hydrogens (tertiary/aromatic N) is 1. The van der Waals surface area contributed by atoms with E-state index in [1.807, 2.05) is 30.3 Å². The van der Waals surface area contributed by atoms with Crippen molar-refractivity contribution in [2.45, 2.75) is 0 Å². The molecule has 0 amide bonds. The van der Waals surface area contributed by atoms with Crippen LogP contribution in [-0.4, -0.2) is 5.24 Å². The van der Waals surface area contributed by atoms with E-state index in [0.29, 0.717) is 0 Å². The summed E-state index contributed by atoms with van der Waals surface area (Å²) in [5, 5.41) is 7.80. The number of allylic oxidation sites excluding steroid dienone is 3. The van der Waals surface area contributed by atoms with E-state index in [9.17, 15) is 4.79 Å². The van der Waals surface area contributed by atoms with E-state index in [4.69, 9.17) is 16.9 Å². The van der Waals surface area contributed by atoms with E-state index < -0.39 is 5.24 Å². The number of hydrogen-bond acceptors (Lipinski definition) is 2. The first-order chi connectivity index (χ1) is 7.24. The summed E-state index contributed by atoms with van der Waals surface area (Å²) in [4.78, 5) is 10.7. The zero-order valence-electron chi connectivity index (χ0n) is 7.85. The Bertz CT molecular complexity index is 440. The maximum atomic E-state index is 10.7. The number of halogens is 1. The molecule has 0 aromatic heterocycles.